The van der Waals surface area contributed by atoms with Crippen molar-refractivity contribution in [2.45, 2.75) is 43.5 Å². The molecule has 2 N–H and O–H groups in total. The molecule has 1 saturated carbocycles. The normalized spacial score (nSPS) is 16.9. The van der Waals surface area contributed by atoms with Gasteiger partial charge in [0.1, 0.15) is 4.90 Å². The van der Waals surface area contributed by atoms with Crippen LogP contribution in [0.5, 0.6) is 0 Å². The van der Waals surface area contributed by atoms with Gasteiger partial charge in [-0.1, -0.05) is 31.9 Å². The van der Waals surface area contributed by atoms with E-state index in [-0.39, 0.29) is 0 Å². The van der Waals surface area contributed by atoms with Crippen LogP contribution in [0.3, 0.4) is 0 Å². The summed E-state index contributed by atoms with van der Waals surface area (Å²) in [5.74, 6) is 0. The lowest BCUT2D eigenvalue weighted by Crippen LogP contribution is -2.25. The first-order valence-electron chi connectivity index (χ1n) is 6.48. The molecule has 4 nitrogen and oxygen atoms in total. The van der Waals surface area contributed by atoms with Crippen LogP contribution in [-0.4, -0.2) is 21.0 Å². The van der Waals surface area contributed by atoms with Crippen molar-refractivity contribution >= 4 is 15.7 Å². The molecule has 1 aromatic rings. The zero-order chi connectivity index (χ0) is 13.0. The SMILES string of the molecule is CCNS(=O)(=O)c1ccccc1NC1CCCC1. The van der Waals surface area contributed by atoms with Gasteiger partial charge in [0.05, 0.1) is 5.69 Å². The lowest BCUT2D eigenvalue weighted by atomic mass is 10.2. The average Bonchev–Trinajstić information content (AvgIpc) is 2.82. The Kier molecular flexibility index (Phi) is 4.24. The fraction of sp³-hybridized carbons (Fsp3) is 0.538. The van der Waals surface area contributed by atoms with Crippen LogP contribution in [0.25, 0.3) is 0 Å². The maximum Gasteiger partial charge on any atom is 0.242 e. The molecule has 2 rings (SSSR count). The Morgan fingerprint density at radius 3 is 2.56 bits per heavy atom. The second-order valence-corrected chi connectivity index (χ2v) is 6.36. The number of benzene rings is 1. The fourth-order valence-electron chi connectivity index (χ4n) is 2.38. The highest BCUT2D eigenvalue weighted by Crippen LogP contribution is 2.26. The smallest absolute Gasteiger partial charge is 0.242 e. The van der Waals surface area contributed by atoms with E-state index in [2.05, 4.69) is 10.0 Å². The third-order valence-electron chi connectivity index (χ3n) is 3.23. The van der Waals surface area contributed by atoms with Crippen molar-refractivity contribution in [2.24, 2.45) is 0 Å². The Morgan fingerprint density at radius 2 is 1.89 bits per heavy atom. The highest BCUT2D eigenvalue weighted by Gasteiger charge is 2.20. The molecule has 0 saturated heterocycles. The van der Waals surface area contributed by atoms with E-state index < -0.39 is 10.0 Å². The van der Waals surface area contributed by atoms with Gasteiger partial charge in [0.25, 0.3) is 0 Å². The molecule has 0 heterocycles. The minimum Gasteiger partial charge on any atom is -0.381 e. The predicted molar refractivity (Wildman–Crippen MR) is 73.2 cm³/mol. The number of rotatable bonds is 5. The van der Waals surface area contributed by atoms with Crippen LogP contribution < -0.4 is 10.0 Å². The van der Waals surface area contributed by atoms with E-state index in [1.807, 2.05) is 12.1 Å². The molecule has 1 aliphatic rings. The van der Waals surface area contributed by atoms with Crippen LogP contribution in [0.1, 0.15) is 32.6 Å². The molecule has 0 aromatic heterocycles. The van der Waals surface area contributed by atoms with Gasteiger partial charge in [-0.05, 0) is 25.0 Å². The number of anilines is 1. The summed E-state index contributed by atoms with van der Waals surface area (Å²) in [7, 11) is -3.40. The summed E-state index contributed by atoms with van der Waals surface area (Å²) in [6.45, 7) is 2.19. The topological polar surface area (TPSA) is 58.2 Å². The monoisotopic (exact) mass is 268 g/mol. The van der Waals surface area contributed by atoms with E-state index in [1.54, 1.807) is 19.1 Å². The number of hydrogen-bond acceptors (Lipinski definition) is 3. The molecule has 0 bridgehead atoms. The molecule has 0 aliphatic heterocycles. The van der Waals surface area contributed by atoms with E-state index >= 15 is 0 Å². The van der Waals surface area contributed by atoms with Crippen LogP contribution in [0.4, 0.5) is 5.69 Å². The highest BCUT2D eigenvalue weighted by molar-refractivity contribution is 7.89. The van der Waals surface area contributed by atoms with Gasteiger partial charge in [-0.3, -0.25) is 0 Å². The van der Waals surface area contributed by atoms with Gasteiger partial charge in [-0.15, -0.1) is 0 Å². The Labute approximate surface area is 109 Å². The van der Waals surface area contributed by atoms with Crippen molar-refractivity contribution in [1.29, 1.82) is 0 Å². The van der Waals surface area contributed by atoms with Gasteiger partial charge in [0.15, 0.2) is 0 Å². The quantitative estimate of drug-likeness (QED) is 0.861. The molecule has 0 unspecified atom stereocenters. The van der Waals surface area contributed by atoms with Crippen LogP contribution in [-0.2, 0) is 10.0 Å². The van der Waals surface area contributed by atoms with Crippen molar-refractivity contribution in [1.82, 2.24) is 4.72 Å². The van der Waals surface area contributed by atoms with Crippen LogP contribution >= 0.6 is 0 Å². The van der Waals surface area contributed by atoms with E-state index in [1.165, 1.54) is 12.8 Å². The molecule has 1 aliphatic carbocycles. The summed E-state index contributed by atoms with van der Waals surface area (Å²) in [5.41, 5.74) is 0.713. The standard InChI is InChI=1S/C13H20N2O2S/c1-2-14-18(16,17)13-10-6-5-9-12(13)15-11-7-3-4-8-11/h5-6,9-11,14-15H,2-4,7-8H2,1H3. The first-order chi connectivity index (χ1) is 8.63. The lowest BCUT2D eigenvalue weighted by Gasteiger charge is -2.17. The maximum absolute atomic E-state index is 12.1. The third kappa shape index (κ3) is 3.03. The average molecular weight is 268 g/mol. The largest absolute Gasteiger partial charge is 0.381 e. The van der Waals surface area contributed by atoms with Crippen molar-refractivity contribution in [3.63, 3.8) is 0 Å². The number of sulfonamides is 1. The molecule has 0 amide bonds. The summed E-state index contributed by atoms with van der Waals surface area (Å²) in [6.07, 6.45) is 4.69. The molecular weight excluding hydrogens is 248 g/mol. The van der Waals surface area contributed by atoms with Crippen molar-refractivity contribution in [3.05, 3.63) is 24.3 Å². The van der Waals surface area contributed by atoms with Gasteiger partial charge in [0, 0.05) is 12.6 Å². The minimum atomic E-state index is -3.40. The van der Waals surface area contributed by atoms with E-state index in [9.17, 15) is 8.42 Å². The third-order valence-corrected chi connectivity index (χ3v) is 4.83. The Bertz CT molecular complexity index is 493. The van der Waals surface area contributed by atoms with E-state index in [4.69, 9.17) is 0 Å². The molecule has 18 heavy (non-hydrogen) atoms. The second kappa shape index (κ2) is 5.71. The van der Waals surface area contributed by atoms with Crippen LogP contribution in [0, 0.1) is 0 Å². The first kappa shape index (κ1) is 13.4. The van der Waals surface area contributed by atoms with Crippen molar-refractivity contribution in [3.8, 4) is 0 Å². The summed E-state index contributed by atoms with van der Waals surface area (Å²) in [6, 6.07) is 7.51. The molecule has 100 valence electrons. The predicted octanol–water partition coefficient (Wildman–Crippen LogP) is 2.34. The Balaban J connectivity index is 2.24. The molecule has 1 fully saturated rings. The zero-order valence-electron chi connectivity index (χ0n) is 10.6. The minimum absolute atomic E-state index is 0.346. The van der Waals surface area contributed by atoms with Crippen molar-refractivity contribution in [2.75, 3.05) is 11.9 Å². The second-order valence-electron chi connectivity index (χ2n) is 4.62. The fourth-order valence-corrected chi connectivity index (χ4v) is 3.59. The van der Waals surface area contributed by atoms with Crippen LogP contribution in [0.15, 0.2) is 29.2 Å². The van der Waals surface area contributed by atoms with Gasteiger partial charge in [0.2, 0.25) is 10.0 Å². The van der Waals surface area contributed by atoms with Gasteiger partial charge >= 0.3 is 0 Å². The number of hydrogen-bond donors (Lipinski definition) is 2. The van der Waals surface area contributed by atoms with Gasteiger partial charge in [-0.25, -0.2) is 13.1 Å². The highest BCUT2D eigenvalue weighted by atomic mass is 32.2. The number of para-hydroxylation sites is 1. The van der Waals surface area contributed by atoms with E-state index in [0.29, 0.717) is 23.2 Å². The Morgan fingerprint density at radius 1 is 1.22 bits per heavy atom. The summed E-state index contributed by atoms with van der Waals surface area (Å²) in [5, 5.41) is 3.35. The van der Waals surface area contributed by atoms with E-state index in [0.717, 1.165) is 12.8 Å². The molecule has 5 heteroatoms. The molecule has 0 spiro atoms. The lowest BCUT2D eigenvalue weighted by molar-refractivity contribution is 0.584. The summed E-state index contributed by atoms with van der Waals surface area (Å²) >= 11 is 0. The van der Waals surface area contributed by atoms with Crippen LogP contribution in [0.2, 0.25) is 0 Å². The van der Waals surface area contributed by atoms with Gasteiger partial charge in [-0.2, -0.15) is 0 Å². The first-order valence-corrected chi connectivity index (χ1v) is 7.97. The van der Waals surface area contributed by atoms with Gasteiger partial charge < -0.3 is 5.32 Å². The summed E-state index contributed by atoms with van der Waals surface area (Å²) < 4.78 is 26.7. The zero-order valence-corrected chi connectivity index (χ0v) is 11.5. The molecular formula is C13H20N2O2S. The molecule has 1 aromatic carbocycles. The van der Waals surface area contributed by atoms with Crippen molar-refractivity contribution < 1.29 is 8.42 Å². The molecule has 0 radical (unpaired) electrons. The molecule has 0 atom stereocenters. The maximum atomic E-state index is 12.1. The summed E-state index contributed by atoms with van der Waals surface area (Å²) in [4.78, 5) is 0.346. The number of nitrogens with one attached hydrogen (secondary N) is 2. The Hall–Kier alpha value is -1.07.